The highest BCUT2D eigenvalue weighted by Gasteiger charge is 2.02. The summed E-state index contributed by atoms with van der Waals surface area (Å²) in [5, 5.41) is 10.8. The maximum atomic E-state index is 4.39. The number of nitrogens with one attached hydrogen (secondary N) is 2. The molecular weight excluding hydrogens is 176 g/mol. The van der Waals surface area contributed by atoms with E-state index < -0.39 is 0 Å². The van der Waals surface area contributed by atoms with Crippen molar-refractivity contribution >= 4 is 0 Å². The summed E-state index contributed by atoms with van der Waals surface area (Å²) < 4.78 is 1.95. The third kappa shape index (κ3) is 3.12. The molecule has 0 unspecified atom stereocenters. The average Bonchev–Trinajstić information content (AvgIpc) is 2.54. The lowest BCUT2D eigenvalue weighted by atomic mass is 10.3. The highest BCUT2D eigenvalue weighted by Crippen LogP contribution is 2.02. The molecule has 0 aliphatic carbocycles. The summed E-state index contributed by atoms with van der Waals surface area (Å²) in [6.45, 7) is 5.01. The fourth-order valence-corrected chi connectivity index (χ4v) is 1.34. The maximum Gasteiger partial charge on any atom is 0.0625 e. The molecule has 2 N–H and O–H groups in total. The largest absolute Gasteiger partial charge is 0.318 e. The number of rotatable bonds is 6. The van der Waals surface area contributed by atoms with Crippen molar-refractivity contribution in [3.8, 4) is 0 Å². The summed E-state index contributed by atoms with van der Waals surface area (Å²) in [6.07, 6.45) is 1.00. The third-order valence-electron chi connectivity index (χ3n) is 2.25. The van der Waals surface area contributed by atoms with Crippen molar-refractivity contribution in [2.24, 2.45) is 7.05 Å². The van der Waals surface area contributed by atoms with E-state index in [4.69, 9.17) is 0 Å². The standard InChI is InChI=1S/C10H20N4/c1-4-9-7-10(14(3)13-9)8-12-6-5-11-2/h7,11-12H,4-6,8H2,1-3H3. The first-order chi connectivity index (χ1) is 6.77. The zero-order valence-corrected chi connectivity index (χ0v) is 9.30. The summed E-state index contributed by atoms with van der Waals surface area (Å²) in [7, 11) is 3.95. The van der Waals surface area contributed by atoms with E-state index >= 15 is 0 Å². The molecule has 14 heavy (non-hydrogen) atoms. The molecule has 0 aliphatic rings. The van der Waals surface area contributed by atoms with Gasteiger partial charge in [-0.3, -0.25) is 4.68 Å². The minimum absolute atomic E-state index is 0.894. The van der Waals surface area contributed by atoms with Crippen LogP contribution in [0.2, 0.25) is 0 Å². The van der Waals surface area contributed by atoms with Crippen molar-refractivity contribution in [2.45, 2.75) is 19.9 Å². The molecule has 0 saturated carbocycles. The number of aromatic nitrogens is 2. The van der Waals surface area contributed by atoms with Gasteiger partial charge in [-0.2, -0.15) is 5.10 Å². The second kappa shape index (κ2) is 5.78. The SMILES string of the molecule is CCc1cc(CNCCNC)n(C)n1. The lowest BCUT2D eigenvalue weighted by molar-refractivity contribution is 0.608. The van der Waals surface area contributed by atoms with E-state index in [-0.39, 0.29) is 0 Å². The van der Waals surface area contributed by atoms with Gasteiger partial charge in [-0.1, -0.05) is 6.92 Å². The molecule has 0 saturated heterocycles. The number of likely N-dealkylation sites (N-methyl/N-ethyl adjacent to an activating group) is 1. The molecule has 0 amide bonds. The van der Waals surface area contributed by atoms with E-state index in [1.807, 2.05) is 18.8 Å². The smallest absolute Gasteiger partial charge is 0.0625 e. The van der Waals surface area contributed by atoms with Crippen LogP contribution in [0.15, 0.2) is 6.07 Å². The quantitative estimate of drug-likeness (QED) is 0.643. The van der Waals surface area contributed by atoms with E-state index in [1.165, 1.54) is 5.69 Å². The summed E-state index contributed by atoms with van der Waals surface area (Å²) in [6, 6.07) is 2.16. The van der Waals surface area contributed by atoms with Crippen LogP contribution < -0.4 is 10.6 Å². The minimum atomic E-state index is 0.894. The Morgan fingerprint density at radius 2 is 2.21 bits per heavy atom. The molecule has 0 fully saturated rings. The molecule has 1 aromatic heterocycles. The molecule has 1 heterocycles. The Hall–Kier alpha value is -0.870. The van der Waals surface area contributed by atoms with Crippen LogP contribution in [0.3, 0.4) is 0 Å². The van der Waals surface area contributed by atoms with E-state index in [9.17, 15) is 0 Å². The Morgan fingerprint density at radius 1 is 1.43 bits per heavy atom. The van der Waals surface area contributed by atoms with E-state index in [0.717, 1.165) is 31.7 Å². The van der Waals surface area contributed by atoms with Gasteiger partial charge in [0.15, 0.2) is 0 Å². The first-order valence-electron chi connectivity index (χ1n) is 5.15. The van der Waals surface area contributed by atoms with Crippen LogP contribution >= 0.6 is 0 Å². The summed E-state index contributed by atoms with van der Waals surface area (Å²) >= 11 is 0. The molecule has 1 aromatic rings. The van der Waals surface area contributed by atoms with Crippen molar-refractivity contribution in [3.63, 3.8) is 0 Å². The third-order valence-corrected chi connectivity index (χ3v) is 2.25. The van der Waals surface area contributed by atoms with Crippen LogP contribution in [0, 0.1) is 0 Å². The van der Waals surface area contributed by atoms with Crippen LogP contribution in [-0.2, 0) is 20.0 Å². The maximum absolute atomic E-state index is 4.39. The molecule has 0 bridgehead atoms. The van der Waals surface area contributed by atoms with Gasteiger partial charge in [0.1, 0.15) is 0 Å². The Balaban J connectivity index is 2.38. The highest BCUT2D eigenvalue weighted by atomic mass is 15.3. The molecule has 0 aromatic carbocycles. The van der Waals surface area contributed by atoms with Crippen molar-refractivity contribution in [2.75, 3.05) is 20.1 Å². The van der Waals surface area contributed by atoms with Gasteiger partial charge in [0.05, 0.1) is 11.4 Å². The van der Waals surface area contributed by atoms with Gasteiger partial charge in [-0.25, -0.2) is 0 Å². The summed E-state index contributed by atoms with van der Waals surface area (Å²) in [4.78, 5) is 0. The Kier molecular flexibility index (Phi) is 4.62. The first kappa shape index (κ1) is 11.2. The van der Waals surface area contributed by atoms with Gasteiger partial charge in [-0.15, -0.1) is 0 Å². The molecule has 80 valence electrons. The first-order valence-corrected chi connectivity index (χ1v) is 5.15. The van der Waals surface area contributed by atoms with Crippen molar-refractivity contribution in [1.29, 1.82) is 0 Å². The number of hydrogen-bond donors (Lipinski definition) is 2. The van der Waals surface area contributed by atoms with E-state index in [1.54, 1.807) is 0 Å². The second-order valence-electron chi connectivity index (χ2n) is 3.38. The van der Waals surface area contributed by atoms with Crippen LogP contribution in [0.4, 0.5) is 0 Å². The van der Waals surface area contributed by atoms with Crippen molar-refractivity contribution in [3.05, 3.63) is 17.5 Å². The van der Waals surface area contributed by atoms with E-state index in [0.29, 0.717) is 0 Å². The van der Waals surface area contributed by atoms with Crippen LogP contribution in [0.5, 0.6) is 0 Å². The fourth-order valence-electron chi connectivity index (χ4n) is 1.34. The average molecular weight is 196 g/mol. The number of nitrogens with zero attached hydrogens (tertiary/aromatic N) is 2. The second-order valence-corrected chi connectivity index (χ2v) is 3.38. The molecular formula is C10H20N4. The normalized spacial score (nSPS) is 10.8. The lowest BCUT2D eigenvalue weighted by Gasteiger charge is -2.03. The Bertz CT molecular complexity index is 267. The van der Waals surface area contributed by atoms with Gasteiger partial charge in [0, 0.05) is 26.7 Å². The minimum Gasteiger partial charge on any atom is -0.318 e. The van der Waals surface area contributed by atoms with Gasteiger partial charge >= 0.3 is 0 Å². The highest BCUT2D eigenvalue weighted by molar-refractivity contribution is 5.09. The van der Waals surface area contributed by atoms with Crippen molar-refractivity contribution in [1.82, 2.24) is 20.4 Å². The Labute approximate surface area is 85.7 Å². The van der Waals surface area contributed by atoms with E-state index in [2.05, 4.69) is 28.7 Å². The molecule has 0 aliphatic heterocycles. The summed E-state index contributed by atoms with van der Waals surface area (Å²) in [5.41, 5.74) is 2.41. The molecule has 1 rings (SSSR count). The molecule has 0 atom stereocenters. The zero-order chi connectivity index (χ0) is 10.4. The van der Waals surface area contributed by atoms with Gasteiger partial charge in [0.25, 0.3) is 0 Å². The van der Waals surface area contributed by atoms with Crippen molar-refractivity contribution < 1.29 is 0 Å². The monoisotopic (exact) mass is 196 g/mol. The fraction of sp³-hybridized carbons (Fsp3) is 0.700. The van der Waals surface area contributed by atoms with Gasteiger partial charge < -0.3 is 10.6 Å². The zero-order valence-electron chi connectivity index (χ0n) is 9.30. The predicted octanol–water partition coefficient (Wildman–Crippen LogP) is 0.292. The molecule has 4 heteroatoms. The number of aryl methyl sites for hydroxylation is 2. The Morgan fingerprint density at radius 3 is 2.79 bits per heavy atom. The predicted molar refractivity (Wildman–Crippen MR) is 58.2 cm³/mol. The van der Waals surface area contributed by atoms with Gasteiger partial charge in [-0.05, 0) is 19.5 Å². The molecule has 0 spiro atoms. The van der Waals surface area contributed by atoms with Crippen LogP contribution in [0.1, 0.15) is 18.3 Å². The number of hydrogen-bond acceptors (Lipinski definition) is 3. The van der Waals surface area contributed by atoms with Gasteiger partial charge in [0.2, 0.25) is 0 Å². The van der Waals surface area contributed by atoms with Crippen LogP contribution in [0.25, 0.3) is 0 Å². The van der Waals surface area contributed by atoms with Crippen LogP contribution in [-0.4, -0.2) is 29.9 Å². The lowest BCUT2D eigenvalue weighted by Crippen LogP contribution is -2.25. The molecule has 4 nitrogen and oxygen atoms in total. The summed E-state index contributed by atoms with van der Waals surface area (Å²) in [5.74, 6) is 0. The topological polar surface area (TPSA) is 41.9 Å². The molecule has 0 radical (unpaired) electrons.